The standard InChI is InChI=1S/C18H22BrNO3/c1-13(23-17-8-7-16(19)11-15(17)12-21)18(22)20-10-9-14-5-3-2-4-6-14/h5,7-8,11-13H,2-4,6,9-10H2,1H3,(H,20,22)/t13-/m0/s1. The Labute approximate surface area is 145 Å². The molecule has 0 aromatic heterocycles. The number of benzene rings is 1. The number of ether oxygens (including phenoxy) is 1. The Morgan fingerprint density at radius 2 is 2.26 bits per heavy atom. The maximum Gasteiger partial charge on any atom is 0.260 e. The first kappa shape index (κ1) is 17.7. The molecule has 1 N–H and O–H groups in total. The third-order valence-electron chi connectivity index (χ3n) is 3.90. The highest BCUT2D eigenvalue weighted by Crippen LogP contribution is 2.23. The van der Waals surface area contributed by atoms with Crippen molar-refractivity contribution in [3.8, 4) is 5.75 Å². The van der Waals surface area contributed by atoms with Gasteiger partial charge in [-0.25, -0.2) is 0 Å². The average Bonchev–Trinajstić information content (AvgIpc) is 2.57. The van der Waals surface area contributed by atoms with Crippen LogP contribution in [0.3, 0.4) is 0 Å². The van der Waals surface area contributed by atoms with Gasteiger partial charge in [-0.15, -0.1) is 0 Å². The Kier molecular flexibility index (Phi) is 6.84. The number of allylic oxidation sites excluding steroid dienone is 1. The summed E-state index contributed by atoms with van der Waals surface area (Å²) in [6, 6.07) is 5.13. The molecule has 0 bridgehead atoms. The van der Waals surface area contributed by atoms with Crippen LogP contribution in [0.5, 0.6) is 5.75 Å². The highest BCUT2D eigenvalue weighted by molar-refractivity contribution is 9.10. The molecule has 1 amide bonds. The van der Waals surface area contributed by atoms with Gasteiger partial charge in [0.25, 0.3) is 5.91 Å². The van der Waals surface area contributed by atoms with E-state index in [9.17, 15) is 9.59 Å². The quantitative estimate of drug-likeness (QED) is 0.574. The zero-order chi connectivity index (χ0) is 16.7. The van der Waals surface area contributed by atoms with Crippen LogP contribution in [-0.4, -0.2) is 24.8 Å². The van der Waals surface area contributed by atoms with E-state index in [2.05, 4.69) is 27.3 Å². The number of nitrogens with one attached hydrogen (secondary N) is 1. The van der Waals surface area contributed by atoms with Gasteiger partial charge in [-0.05, 0) is 57.2 Å². The van der Waals surface area contributed by atoms with Crippen LogP contribution < -0.4 is 10.1 Å². The molecule has 1 aliphatic carbocycles. The Balaban J connectivity index is 1.82. The first-order valence-corrected chi connectivity index (χ1v) is 8.76. The molecule has 0 radical (unpaired) electrons. The van der Waals surface area contributed by atoms with E-state index in [4.69, 9.17) is 4.74 Å². The number of rotatable bonds is 7. The molecule has 2 rings (SSSR count). The number of halogens is 1. The molecule has 0 saturated carbocycles. The summed E-state index contributed by atoms with van der Waals surface area (Å²) in [4.78, 5) is 23.2. The minimum Gasteiger partial charge on any atom is -0.480 e. The van der Waals surface area contributed by atoms with E-state index in [1.165, 1.54) is 18.4 Å². The van der Waals surface area contributed by atoms with E-state index >= 15 is 0 Å². The van der Waals surface area contributed by atoms with Crippen LogP contribution in [0.25, 0.3) is 0 Å². The molecule has 23 heavy (non-hydrogen) atoms. The highest BCUT2D eigenvalue weighted by atomic mass is 79.9. The van der Waals surface area contributed by atoms with Gasteiger partial charge in [0.1, 0.15) is 5.75 Å². The molecule has 0 fully saturated rings. The summed E-state index contributed by atoms with van der Waals surface area (Å²) in [5, 5.41) is 2.90. The fourth-order valence-electron chi connectivity index (χ4n) is 2.58. The maximum atomic E-state index is 12.1. The Bertz CT molecular complexity index is 598. The minimum atomic E-state index is -0.643. The van der Waals surface area contributed by atoms with Crippen LogP contribution in [0, 0.1) is 0 Å². The van der Waals surface area contributed by atoms with Crippen molar-refractivity contribution < 1.29 is 14.3 Å². The average molecular weight is 380 g/mol. The van der Waals surface area contributed by atoms with E-state index in [-0.39, 0.29) is 5.91 Å². The summed E-state index contributed by atoms with van der Waals surface area (Å²) in [5.41, 5.74) is 1.85. The van der Waals surface area contributed by atoms with Crippen LogP contribution in [0.15, 0.2) is 34.3 Å². The van der Waals surface area contributed by atoms with Gasteiger partial charge in [0.15, 0.2) is 12.4 Å². The van der Waals surface area contributed by atoms with E-state index < -0.39 is 6.10 Å². The second kappa shape index (κ2) is 8.87. The second-order valence-corrected chi connectivity index (χ2v) is 6.62. The summed E-state index contributed by atoms with van der Waals surface area (Å²) < 4.78 is 6.41. The summed E-state index contributed by atoms with van der Waals surface area (Å²) in [5.74, 6) is 0.252. The van der Waals surface area contributed by atoms with E-state index in [0.29, 0.717) is 17.9 Å². The third kappa shape index (κ3) is 5.50. The topological polar surface area (TPSA) is 55.4 Å². The molecule has 0 unspecified atom stereocenters. The van der Waals surface area contributed by atoms with E-state index in [0.717, 1.165) is 30.0 Å². The first-order chi connectivity index (χ1) is 11.1. The van der Waals surface area contributed by atoms with Crippen molar-refractivity contribution in [2.75, 3.05) is 6.54 Å². The maximum absolute atomic E-state index is 12.1. The lowest BCUT2D eigenvalue weighted by Gasteiger charge is -2.17. The van der Waals surface area contributed by atoms with Crippen LogP contribution >= 0.6 is 15.9 Å². The predicted molar refractivity (Wildman–Crippen MR) is 93.8 cm³/mol. The van der Waals surface area contributed by atoms with Gasteiger partial charge in [-0.3, -0.25) is 9.59 Å². The molecule has 4 nitrogen and oxygen atoms in total. The summed E-state index contributed by atoms with van der Waals surface area (Å²) in [6.45, 7) is 2.31. The number of aldehydes is 1. The van der Waals surface area contributed by atoms with Gasteiger partial charge in [0.05, 0.1) is 5.56 Å². The molecule has 0 saturated heterocycles. The number of carbonyl (C=O) groups excluding carboxylic acids is 2. The Morgan fingerprint density at radius 3 is 2.96 bits per heavy atom. The third-order valence-corrected chi connectivity index (χ3v) is 4.40. The van der Waals surface area contributed by atoms with Crippen molar-refractivity contribution in [1.29, 1.82) is 0 Å². The first-order valence-electron chi connectivity index (χ1n) is 7.97. The molecule has 1 aromatic rings. The fraction of sp³-hybridized carbons (Fsp3) is 0.444. The lowest BCUT2D eigenvalue weighted by atomic mass is 9.97. The predicted octanol–water partition coefficient (Wildman–Crippen LogP) is 4.04. The van der Waals surface area contributed by atoms with Crippen molar-refractivity contribution in [3.63, 3.8) is 0 Å². The number of carbonyl (C=O) groups is 2. The van der Waals surface area contributed by atoms with E-state index in [1.54, 1.807) is 25.1 Å². The summed E-state index contributed by atoms with van der Waals surface area (Å²) in [7, 11) is 0. The molecule has 124 valence electrons. The van der Waals surface area contributed by atoms with Gasteiger partial charge < -0.3 is 10.1 Å². The molecule has 0 aliphatic heterocycles. The molecule has 1 aromatic carbocycles. The summed E-state index contributed by atoms with van der Waals surface area (Å²) in [6.07, 6.45) is 8.08. The molecule has 1 aliphatic rings. The van der Waals surface area contributed by atoms with E-state index in [1.807, 2.05) is 0 Å². The molecule has 5 heteroatoms. The van der Waals surface area contributed by atoms with Crippen LogP contribution in [-0.2, 0) is 4.79 Å². The molecule has 0 spiro atoms. The smallest absolute Gasteiger partial charge is 0.260 e. The number of hydrogen-bond donors (Lipinski definition) is 1. The zero-order valence-electron chi connectivity index (χ0n) is 13.3. The normalized spacial score (nSPS) is 15.5. The molecular formula is C18H22BrNO3. The Hall–Kier alpha value is -1.62. The van der Waals surface area contributed by atoms with Gasteiger partial charge in [0.2, 0.25) is 0 Å². The van der Waals surface area contributed by atoms with Crippen molar-refractivity contribution >= 4 is 28.1 Å². The van der Waals surface area contributed by atoms with Crippen molar-refractivity contribution in [2.24, 2.45) is 0 Å². The zero-order valence-corrected chi connectivity index (χ0v) is 14.9. The van der Waals surface area contributed by atoms with Crippen LogP contribution in [0.4, 0.5) is 0 Å². The minimum absolute atomic E-state index is 0.166. The number of hydrogen-bond acceptors (Lipinski definition) is 3. The Morgan fingerprint density at radius 1 is 1.43 bits per heavy atom. The highest BCUT2D eigenvalue weighted by Gasteiger charge is 2.16. The largest absolute Gasteiger partial charge is 0.480 e. The van der Waals surface area contributed by atoms with Crippen molar-refractivity contribution in [2.45, 2.75) is 45.1 Å². The van der Waals surface area contributed by atoms with Crippen LogP contribution in [0.2, 0.25) is 0 Å². The lowest BCUT2D eigenvalue weighted by molar-refractivity contribution is -0.127. The van der Waals surface area contributed by atoms with Gasteiger partial charge in [0, 0.05) is 11.0 Å². The summed E-state index contributed by atoms with van der Waals surface area (Å²) >= 11 is 3.31. The van der Waals surface area contributed by atoms with Gasteiger partial charge >= 0.3 is 0 Å². The monoisotopic (exact) mass is 379 g/mol. The SMILES string of the molecule is C[C@H](Oc1ccc(Br)cc1C=O)C(=O)NCCC1=CCCCC1. The fourth-order valence-corrected chi connectivity index (χ4v) is 2.96. The molecule has 1 atom stereocenters. The molecular weight excluding hydrogens is 358 g/mol. The number of amides is 1. The second-order valence-electron chi connectivity index (χ2n) is 5.71. The van der Waals surface area contributed by atoms with Crippen molar-refractivity contribution in [3.05, 3.63) is 39.9 Å². The van der Waals surface area contributed by atoms with Gasteiger partial charge in [-0.2, -0.15) is 0 Å². The lowest BCUT2D eigenvalue weighted by Crippen LogP contribution is -2.37. The van der Waals surface area contributed by atoms with Crippen molar-refractivity contribution in [1.82, 2.24) is 5.32 Å². The van der Waals surface area contributed by atoms with Gasteiger partial charge in [-0.1, -0.05) is 27.6 Å². The molecule has 0 heterocycles. The van der Waals surface area contributed by atoms with Crippen LogP contribution in [0.1, 0.15) is 49.4 Å².